The molecule has 1 fully saturated rings. The van der Waals surface area contributed by atoms with Crippen LogP contribution in [0.15, 0.2) is 42.5 Å². The van der Waals surface area contributed by atoms with Crippen molar-refractivity contribution in [1.29, 1.82) is 0 Å². The molecule has 2 aromatic rings. The standard InChI is InChI=1S/C19H19NO4S/c1-22-15-4-2-3-13(11-15)18(21)20-7-10-25-19(20)14-5-6-16-17(12-14)24-9-8-23-16/h2-6,11-12,19H,7-10H2,1H3. The van der Waals surface area contributed by atoms with Gasteiger partial charge in [-0.15, -0.1) is 11.8 Å². The van der Waals surface area contributed by atoms with Crippen molar-refractivity contribution in [3.05, 3.63) is 53.6 Å². The molecule has 6 heteroatoms. The first-order valence-electron chi connectivity index (χ1n) is 8.22. The Morgan fingerprint density at radius 3 is 2.84 bits per heavy atom. The van der Waals surface area contributed by atoms with Gasteiger partial charge in [0, 0.05) is 17.9 Å². The van der Waals surface area contributed by atoms with Gasteiger partial charge in [-0.05, 0) is 35.9 Å². The maximum Gasteiger partial charge on any atom is 0.255 e. The van der Waals surface area contributed by atoms with Crippen LogP contribution in [-0.4, -0.2) is 43.4 Å². The zero-order valence-electron chi connectivity index (χ0n) is 13.9. The third-order valence-electron chi connectivity index (χ3n) is 4.32. The average molecular weight is 357 g/mol. The summed E-state index contributed by atoms with van der Waals surface area (Å²) >= 11 is 1.76. The maximum atomic E-state index is 13.0. The number of ether oxygens (including phenoxy) is 3. The van der Waals surface area contributed by atoms with E-state index in [0.717, 1.165) is 29.4 Å². The van der Waals surface area contributed by atoms with E-state index in [-0.39, 0.29) is 11.3 Å². The molecule has 0 spiro atoms. The lowest BCUT2D eigenvalue weighted by atomic mass is 10.1. The fraction of sp³-hybridized carbons (Fsp3) is 0.316. The number of amides is 1. The number of carbonyl (C=O) groups is 1. The van der Waals surface area contributed by atoms with Crippen LogP contribution in [-0.2, 0) is 0 Å². The van der Waals surface area contributed by atoms with Crippen LogP contribution in [0.3, 0.4) is 0 Å². The zero-order chi connectivity index (χ0) is 17.2. The highest BCUT2D eigenvalue weighted by Gasteiger charge is 2.32. The number of methoxy groups -OCH3 is 1. The Bertz CT molecular complexity index is 795. The van der Waals surface area contributed by atoms with Crippen LogP contribution in [0, 0.1) is 0 Å². The Labute approximate surface area is 150 Å². The molecule has 1 amide bonds. The molecule has 0 aromatic heterocycles. The number of hydrogen-bond acceptors (Lipinski definition) is 5. The number of fused-ring (bicyclic) bond motifs is 1. The van der Waals surface area contributed by atoms with Gasteiger partial charge in [0.25, 0.3) is 5.91 Å². The number of hydrogen-bond donors (Lipinski definition) is 0. The lowest BCUT2D eigenvalue weighted by Gasteiger charge is -2.26. The molecule has 4 rings (SSSR count). The van der Waals surface area contributed by atoms with Crippen molar-refractivity contribution in [2.24, 2.45) is 0 Å². The highest BCUT2D eigenvalue weighted by atomic mass is 32.2. The normalized spacial score (nSPS) is 18.9. The number of thioether (sulfide) groups is 1. The third-order valence-corrected chi connectivity index (χ3v) is 5.58. The summed E-state index contributed by atoms with van der Waals surface area (Å²) in [6, 6.07) is 13.2. The second kappa shape index (κ2) is 6.88. The van der Waals surface area contributed by atoms with E-state index in [0.29, 0.717) is 24.5 Å². The van der Waals surface area contributed by atoms with Crippen LogP contribution in [0.25, 0.3) is 0 Å². The topological polar surface area (TPSA) is 48.0 Å². The minimum Gasteiger partial charge on any atom is -0.497 e. The van der Waals surface area contributed by atoms with Crippen LogP contribution in [0.5, 0.6) is 17.2 Å². The van der Waals surface area contributed by atoms with Gasteiger partial charge in [0.1, 0.15) is 24.3 Å². The second-order valence-electron chi connectivity index (χ2n) is 5.86. The smallest absolute Gasteiger partial charge is 0.255 e. The molecule has 2 aromatic carbocycles. The van der Waals surface area contributed by atoms with E-state index in [9.17, 15) is 4.79 Å². The molecule has 5 nitrogen and oxygen atoms in total. The van der Waals surface area contributed by atoms with Crippen molar-refractivity contribution in [1.82, 2.24) is 4.90 Å². The third kappa shape index (κ3) is 3.14. The largest absolute Gasteiger partial charge is 0.497 e. The molecule has 0 bridgehead atoms. The molecule has 2 aliphatic rings. The minimum absolute atomic E-state index is 0.0174. The van der Waals surface area contributed by atoms with Crippen LogP contribution in [0.2, 0.25) is 0 Å². The lowest BCUT2D eigenvalue weighted by molar-refractivity contribution is 0.0759. The molecule has 0 aliphatic carbocycles. The van der Waals surface area contributed by atoms with Gasteiger partial charge in [0.15, 0.2) is 11.5 Å². The molecule has 130 valence electrons. The Hall–Kier alpha value is -2.34. The molecule has 0 radical (unpaired) electrons. The fourth-order valence-electron chi connectivity index (χ4n) is 3.09. The van der Waals surface area contributed by atoms with Crippen LogP contribution in [0.1, 0.15) is 21.3 Å². The van der Waals surface area contributed by atoms with E-state index in [1.54, 1.807) is 24.9 Å². The van der Waals surface area contributed by atoms with E-state index < -0.39 is 0 Å². The number of nitrogens with zero attached hydrogens (tertiary/aromatic N) is 1. The van der Waals surface area contributed by atoms with Crippen molar-refractivity contribution in [3.8, 4) is 17.2 Å². The molecule has 2 aliphatic heterocycles. The quantitative estimate of drug-likeness (QED) is 0.843. The van der Waals surface area contributed by atoms with Crippen molar-refractivity contribution in [3.63, 3.8) is 0 Å². The minimum atomic E-state index is -0.0190. The average Bonchev–Trinajstić information content (AvgIpc) is 3.17. The van der Waals surface area contributed by atoms with Gasteiger partial charge in [0.2, 0.25) is 0 Å². The Morgan fingerprint density at radius 2 is 2.00 bits per heavy atom. The van der Waals surface area contributed by atoms with Gasteiger partial charge in [-0.3, -0.25) is 4.79 Å². The van der Waals surface area contributed by atoms with Gasteiger partial charge in [0.05, 0.1) is 7.11 Å². The molecule has 0 N–H and O–H groups in total. The van der Waals surface area contributed by atoms with Crippen LogP contribution >= 0.6 is 11.8 Å². The zero-order valence-corrected chi connectivity index (χ0v) is 14.8. The Balaban J connectivity index is 1.60. The maximum absolute atomic E-state index is 13.0. The van der Waals surface area contributed by atoms with E-state index in [1.807, 2.05) is 41.3 Å². The van der Waals surface area contributed by atoms with E-state index >= 15 is 0 Å². The second-order valence-corrected chi connectivity index (χ2v) is 7.04. The van der Waals surface area contributed by atoms with E-state index in [4.69, 9.17) is 14.2 Å². The first-order valence-corrected chi connectivity index (χ1v) is 9.27. The predicted molar refractivity (Wildman–Crippen MR) is 96.7 cm³/mol. The Morgan fingerprint density at radius 1 is 1.16 bits per heavy atom. The van der Waals surface area contributed by atoms with E-state index in [1.165, 1.54) is 0 Å². The molecule has 1 unspecified atom stereocenters. The number of carbonyl (C=O) groups excluding carboxylic acids is 1. The fourth-order valence-corrected chi connectivity index (χ4v) is 4.34. The Kier molecular flexibility index (Phi) is 4.44. The highest BCUT2D eigenvalue weighted by molar-refractivity contribution is 7.99. The van der Waals surface area contributed by atoms with Gasteiger partial charge in [-0.1, -0.05) is 12.1 Å². The van der Waals surface area contributed by atoms with Crippen molar-refractivity contribution in [2.45, 2.75) is 5.37 Å². The monoisotopic (exact) mass is 357 g/mol. The van der Waals surface area contributed by atoms with Gasteiger partial charge in [-0.2, -0.15) is 0 Å². The van der Waals surface area contributed by atoms with E-state index in [2.05, 4.69) is 0 Å². The number of rotatable bonds is 3. The molecule has 1 saturated heterocycles. The SMILES string of the molecule is COc1cccc(C(=O)N2CCSC2c2ccc3c(c2)OCCO3)c1. The molecule has 2 heterocycles. The van der Waals surface area contributed by atoms with Gasteiger partial charge < -0.3 is 19.1 Å². The summed E-state index contributed by atoms with van der Waals surface area (Å²) in [5, 5.41) is -0.0190. The van der Waals surface area contributed by atoms with Gasteiger partial charge >= 0.3 is 0 Å². The molecule has 1 atom stereocenters. The molecule has 25 heavy (non-hydrogen) atoms. The van der Waals surface area contributed by atoms with Crippen molar-refractivity contribution < 1.29 is 19.0 Å². The molecular formula is C19H19NO4S. The summed E-state index contributed by atoms with van der Waals surface area (Å²) in [4.78, 5) is 14.9. The lowest BCUT2D eigenvalue weighted by Crippen LogP contribution is -2.30. The summed E-state index contributed by atoms with van der Waals surface area (Å²) in [5.41, 5.74) is 1.70. The number of benzene rings is 2. The summed E-state index contributed by atoms with van der Waals surface area (Å²) in [6.45, 7) is 1.85. The first-order chi connectivity index (χ1) is 12.3. The highest BCUT2D eigenvalue weighted by Crippen LogP contribution is 2.42. The van der Waals surface area contributed by atoms with Crippen LogP contribution < -0.4 is 14.2 Å². The van der Waals surface area contributed by atoms with Crippen molar-refractivity contribution in [2.75, 3.05) is 32.6 Å². The van der Waals surface area contributed by atoms with Crippen molar-refractivity contribution >= 4 is 17.7 Å². The predicted octanol–water partition coefficient (Wildman–Crippen LogP) is 3.35. The summed E-state index contributed by atoms with van der Waals surface area (Å²) < 4.78 is 16.5. The summed E-state index contributed by atoms with van der Waals surface area (Å²) in [5.74, 6) is 3.14. The van der Waals surface area contributed by atoms with Gasteiger partial charge in [-0.25, -0.2) is 0 Å². The first kappa shape index (κ1) is 16.1. The molecular weight excluding hydrogens is 338 g/mol. The van der Waals surface area contributed by atoms with Crippen LogP contribution in [0.4, 0.5) is 0 Å². The molecule has 0 saturated carbocycles. The summed E-state index contributed by atoms with van der Waals surface area (Å²) in [7, 11) is 1.60. The summed E-state index contributed by atoms with van der Waals surface area (Å²) in [6.07, 6.45) is 0.